The second-order valence-corrected chi connectivity index (χ2v) is 3.60. The minimum absolute atomic E-state index is 0.361. The lowest BCUT2D eigenvalue weighted by atomic mass is 9.75. The predicted molar refractivity (Wildman–Crippen MR) is 53.8 cm³/mol. The number of rotatable bonds is 3. The van der Waals surface area contributed by atoms with Crippen LogP contribution in [0.4, 0.5) is 0 Å². The molecule has 0 saturated heterocycles. The molecule has 0 heteroatoms. The first-order valence-corrected chi connectivity index (χ1v) is 5.07. The summed E-state index contributed by atoms with van der Waals surface area (Å²) < 4.78 is 0. The Morgan fingerprint density at radius 2 is 2.00 bits per heavy atom. The van der Waals surface area contributed by atoms with Crippen LogP contribution in [0.15, 0.2) is 17.7 Å². The van der Waals surface area contributed by atoms with Crippen molar-refractivity contribution < 1.29 is 0 Å². The van der Waals surface area contributed by atoms with Crippen LogP contribution in [0.3, 0.4) is 0 Å². The van der Waals surface area contributed by atoms with Crippen LogP contribution in [0, 0.1) is 11.5 Å². The largest absolute Gasteiger partial charge is 0.0834 e. The molecular formula is C12H19. The molecule has 0 aliphatic heterocycles. The lowest BCUT2D eigenvalue weighted by Crippen LogP contribution is -2.18. The smallest absolute Gasteiger partial charge is 0.00119 e. The van der Waals surface area contributed by atoms with E-state index in [9.17, 15) is 0 Å². The Bertz CT molecular complexity index is 192. The van der Waals surface area contributed by atoms with Gasteiger partial charge in [-0.05, 0) is 42.7 Å². The Morgan fingerprint density at radius 3 is 2.50 bits per heavy atom. The van der Waals surface area contributed by atoms with Gasteiger partial charge in [-0.2, -0.15) is 0 Å². The fourth-order valence-corrected chi connectivity index (χ4v) is 1.78. The normalized spacial score (nSPS) is 20.8. The molecule has 0 heterocycles. The van der Waals surface area contributed by atoms with E-state index in [0.29, 0.717) is 5.41 Å². The number of allylic oxidation sites excluding steroid dienone is 4. The molecule has 0 spiro atoms. The molecule has 67 valence electrons. The van der Waals surface area contributed by atoms with Crippen molar-refractivity contribution >= 4 is 0 Å². The highest BCUT2D eigenvalue weighted by Gasteiger charge is 2.24. The van der Waals surface area contributed by atoms with Crippen molar-refractivity contribution in [3.8, 4) is 0 Å². The van der Waals surface area contributed by atoms with Gasteiger partial charge >= 0.3 is 0 Å². The number of hydrogen-bond acceptors (Lipinski definition) is 0. The van der Waals surface area contributed by atoms with Gasteiger partial charge in [-0.3, -0.25) is 0 Å². The SMILES string of the molecule is CCC1=[C]C(CC)(CC)CC=C1. The third kappa shape index (κ3) is 1.80. The summed E-state index contributed by atoms with van der Waals surface area (Å²) in [4.78, 5) is 0. The summed E-state index contributed by atoms with van der Waals surface area (Å²) in [6.07, 6.45) is 12.9. The van der Waals surface area contributed by atoms with Crippen molar-refractivity contribution in [2.75, 3.05) is 0 Å². The van der Waals surface area contributed by atoms with Crippen LogP contribution in [0.1, 0.15) is 46.5 Å². The van der Waals surface area contributed by atoms with E-state index in [1.165, 1.54) is 24.8 Å². The van der Waals surface area contributed by atoms with Gasteiger partial charge in [0.15, 0.2) is 0 Å². The van der Waals surface area contributed by atoms with E-state index in [-0.39, 0.29) is 0 Å². The highest BCUT2D eigenvalue weighted by atomic mass is 14.3. The standard InChI is InChI=1S/C12H19/c1-4-11-8-7-9-12(5-2,6-3)10-11/h7-8H,4-6,9H2,1-3H3. The molecule has 12 heavy (non-hydrogen) atoms. The second kappa shape index (κ2) is 3.93. The van der Waals surface area contributed by atoms with Crippen molar-refractivity contribution in [1.82, 2.24) is 0 Å². The Labute approximate surface area is 76.4 Å². The van der Waals surface area contributed by atoms with E-state index < -0.39 is 0 Å². The predicted octanol–water partition coefficient (Wildman–Crippen LogP) is 3.89. The summed E-state index contributed by atoms with van der Waals surface area (Å²) in [6, 6.07) is 0. The first-order chi connectivity index (χ1) is 5.76. The maximum Gasteiger partial charge on any atom is -0.00119 e. The molecule has 0 saturated carbocycles. The van der Waals surface area contributed by atoms with E-state index in [1.54, 1.807) is 0 Å². The van der Waals surface area contributed by atoms with Crippen molar-refractivity contribution in [3.63, 3.8) is 0 Å². The zero-order valence-corrected chi connectivity index (χ0v) is 8.48. The molecule has 0 bridgehead atoms. The van der Waals surface area contributed by atoms with E-state index in [1.807, 2.05) is 0 Å². The molecule has 0 unspecified atom stereocenters. The highest BCUT2D eigenvalue weighted by molar-refractivity contribution is 5.22. The van der Waals surface area contributed by atoms with Crippen LogP contribution < -0.4 is 0 Å². The van der Waals surface area contributed by atoms with Crippen LogP contribution >= 0.6 is 0 Å². The van der Waals surface area contributed by atoms with Gasteiger partial charge < -0.3 is 0 Å². The lowest BCUT2D eigenvalue weighted by Gasteiger charge is -2.29. The van der Waals surface area contributed by atoms with Gasteiger partial charge in [0.05, 0.1) is 0 Å². The zero-order chi connectivity index (χ0) is 9.03. The number of hydrogen-bond donors (Lipinski definition) is 0. The molecule has 1 rings (SSSR count). The topological polar surface area (TPSA) is 0 Å². The van der Waals surface area contributed by atoms with Crippen LogP contribution in [0.5, 0.6) is 0 Å². The van der Waals surface area contributed by atoms with Gasteiger partial charge in [0.25, 0.3) is 0 Å². The molecule has 0 fully saturated rings. The Balaban J connectivity index is 2.80. The summed E-state index contributed by atoms with van der Waals surface area (Å²) in [7, 11) is 0. The average molecular weight is 163 g/mol. The lowest BCUT2D eigenvalue weighted by molar-refractivity contribution is 0.336. The summed E-state index contributed by atoms with van der Waals surface area (Å²) in [5, 5.41) is 0. The maximum atomic E-state index is 3.65. The van der Waals surface area contributed by atoms with Gasteiger partial charge in [-0.15, -0.1) is 0 Å². The summed E-state index contributed by atoms with van der Waals surface area (Å²) in [6.45, 7) is 6.74. The molecule has 0 N–H and O–H groups in total. The summed E-state index contributed by atoms with van der Waals surface area (Å²) in [5.41, 5.74) is 1.75. The minimum Gasteiger partial charge on any atom is -0.0834 e. The minimum atomic E-state index is 0.361. The third-order valence-electron chi connectivity index (χ3n) is 2.99. The van der Waals surface area contributed by atoms with Gasteiger partial charge in [0, 0.05) is 0 Å². The highest BCUT2D eigenvalue weighted by Crippen LogP contribution is 2.36. The molecule has 0 aromatic rings. The van der Waals surface area contributed by atoms with Crippen molar-refractivity contribution in [2.45, 2.75) is 46.5 Å². The summed E-state index contributed by atoms with van der Waals surface area (Å²) >= 11 is 0. The van der Waals surface area contributed by atoms with Crippen molar-refractivity contribution in [1.29, 1.82) is 0 Å². The van der Waals surface area contributed by atoms with Gasteiger partial charge in [-0.25, -0.2) is 0 Å². The molecule has 1 aliphatic carbocycles. The third-order valence-corrected chi connectivity index (χ3v) is 2.99. The molecule has 0 atom stereocenters. The van der Waals surface area contributed by atoms with Crippen molar-refractivity contribution in [3.05, 3.63) is 23.8 Å². The fraction of sp³-hybridized carbons (Fsp3) is 0.667. The Kier molecular flexibility index (Phi) is 3.13. The first-order valence-electron chi connectivity index (χ1n) is 5.07. The molecular weight excluding hydrogens is 144 g/mol. The van der Waals surface area contributed by atoms with Crippen molar-refractivity contribution in [2.24, 2.45) is 5.41 Å². The Morgan fingerprint density at radius 1 is 1.33 bits per heavy atom. The first kappa shape index (κ1) is 9.57. The zero-order valence-electron chi connectivity index (χ0n) is 8.48. The van der Waals surface area contributed by atoms with Gasteiger partial charge in [-0.1, -0.05) is 32.9 Å². The van der Waals surface area contributed by atoms with Crippen LogP contribution in [-0.2, 0) is 0 Å². The quantitative estimate of drug-likeness (QED) is 0.592. The van der Waals surface area contributed by atoms with E-state index in [4.69, 9.17) is 0 Å². The van der Waals surface area contributed by atoms with Crippen LogP contribution in [-0.4, -0.2) is 0 Å². The van der Waals surface area contributed by atoms with Crippen LogP contribution in [0.2, 0.25) is 0 Å². The molecule has 0 amide bonds. The van der Waals surface area contributed by atoms with E-state index in [0.717, 1.165) is 6.42 Å². The monoisotopic (exact) mass is 163 g/mol. The average Bonchev–Trinajstić information content (AvgIpc) is 2.18. The molecule has 1 aliphatic rings. The van der Waals surface area contributed by atoms with E-state index in [2.05, 4.69) is 39.0 Å². The second-order valence-electron chi connectivity index (χ2n) is 3.60. The van der Waals surface area contributed by atoms with Gasteiger partial charge in [0.2, 0.25) is 0 Å². The Hall–Kier alpha value is -0.520. The molecule has 0 nitrogen and oxygen atoms in total. The molecule has 0 aromatic carbocycles. The maximum absolute atomic E-state index is 3.65. The summed E-state index contributed by atoms with van der Waals surface area (Å²) in [5.74, 6) is 0. The van der Waals surface area contributed by atoms with Crippen LogP contribution in [0.25, 0.3) is 0 Å². The fourth-order valence-electron chi connectivity index (χ4n) is 1.78. The van der Waals surface area contributed by atoms with Gasteiger partial charge in [0.1, 0.15) is 0 Å². The molecule has 0 aromatic heterocycles. The molecule has 1 radical (unpaired) electrons. The van der Waals surface area contributed by atoms with E-state index >= 15 is 0 Å².